The Morgan fingerprint density at radius 3 is 1.48 bits per heavy atom. The van der Waals surface area contributed by atoms with Gasteiger partial charge in [0.1, 0.15) is 0 Å². The summed E-state index contributed by atoms with van der Waals surface area (Å²) in [4.78, 5) is 50.9. The van der Waals surface area contributed by atoms with Gasteiger partial charge in [0.2, 0.25) is 0 Å². The molecule has 2 N–H and O–H groups in total. The summed E-state index contributed by atoms with van der Waals surface area (Å²) in [6.45, 7) is 0. The third kappa shape index (κ3) is 3.23. The Morgan fingerprint density at radius 1 is 0.636 bits per heavy atom. The summed E-state index contributed by atoms with van der Waals surface area (Å²) in [6.07, 6.45) is 0. The van der Waals surface area contributed by atoms with Crippen LogP contribution in [0.4, 0.5) is 5.69 Å². The third-order valence-corrected chi connectivity index (χ3v) is 6.54. The maximum absolute atomic E-state index is 13.0. The number of methoxy groups -OCH3 is 4. The molecule has 0 unspecified atom stereocenters. The lowest BCUT2D eigenvalue weighted by molar-refractivity contribution is -0.160. The number of carbonyl (C=O) groups is 4. The first-order valence-electron chi connectivity index (χ1n) is 10.2. The van der Waals surface area contributed by atoms with Crippen molar-refractivity contribution in [2.45, 2.75) is 11.8 Å². The van der Waals surface area contributed by atoms with Gasteiger partial charge in [-0.1, -0.05) is 6.07 Å². The summed E-state index contributed by atoms with van der Waals surface area (Å²) in [7, 11) is 4.91. The fourth-order valence-electron chi connectivity index (χ4n) is 5.24. The molecule has 0 radical (unpaired) electrons. The number of rotatable bonds is 4. The van der Waals surface area contributed by atoms with Gasteiger partial charge < -0.3 is 24.7 Å². The highest BCUT2D eigenvalue weighted by Gasteiger charge is 2.57. The van der Waals surface area contributed by atoms with Crippen molar-refractivity contribution in [3.63, 3.8) is 0 Å². The first-order chi connectivity index (χ1) is 15.8. The van der Waals surface area contributed by atoms with Crippen LogP contribution in [0.2, 0.25) is 0 Å². The zero-order valence-electron chi connectivity index (χ0n) is 18.5. The number of fused-ring (bicyclic) bond motifs is 1. The summed E-state index contributed by atoms with van der Waals surface area (Å²) in [5, 5.41) is 0. The van der Waals surface area contributed by atoms with Crippen molar-refractivity contribution in [1.82, 2.24) is 0 Å². The largest absolute Gasteiger partial charge is 0.469 e. The van der Waals surface area contributed by atoms with Gasteiger partial charge in [0.15, 0.2) is 0 Å². The number of nitrogens with two attached hydrogens (primary N) is 1. The van der Waals surface area contributed by atoms with E-state index < -0.39 is 47.5 Å². The molecule has 5 rings (SSSR count). The molecule has 2 aromatic rings. The molecule has 0 fully saturated rings. The van der Waals surface area contributed by atoms with Crippen molar-refractivity contribution in [3.05, 3.63) is 63.7 Å². The maximum Gasteiger partial charge on any atom is 0.338 e. The summed E-state index contributed by atoms with van der Waals surface area (Å²) in [6, 6.07) is 8.34. The predicted octanol–water partition coefficient (Wildman–Crippen LogP) is 2.01. The van der Waals surface area contributed by atoms with Gasteiger partial charge in [-0.05, 0) is 46.5 Å². The summed E-state index contributed by atoms with van der Waals surface area (Å²) in [5.41, 5.74) is 9.32. The topological polar surface area (TPSA) is 131 Å². The number of ether oxygens (including phenoxy) is 4. The second-order valence-corrected chi connectivity index (χ2v) is 7.95. The minimum absolute atomic E-state index is 0.000614. The molecule has 0 spiro atoms. The molecular weight excluding hydrogens is 430 g/mol. The molecule has 0 saturated heterocycles. The van der Waals surface area contributed by atoms with E-state index in [4.69, 9.17) is 24.7 Å². The van der Waals surface area contributed by atoms with E-state index in [0.717, 1.165) is 11.1 Å². The SMILES string of the molecule is COC(=O)c1cc2c(cc1C(=O)OC)[C@H]1c3cc(N)ccc3[C@H]2[C@H](C(=O)OC)[C@H]1C(=O)OC. The maximum atomic E-state index is 13.0. The smallest absolute Gasteiger partial charge is 0.338 e. The lowest BCUT2D eigenvalue weighted by Crippen LogP contribution is -2.48. The molecule has 3 aliphatic rings. The summed E-state index contributed by atoms with van der Waals surface area (Å²) in [5.74, 6) is -5.72. The highest BCUT2D eigenvalue weighted by Crippen LogP contribution is 2.59. The molecule has 0 amide bonds. The Balaban J connectivity index is 2.08. The fourth-order valence-corrected chi connectivity index (χ4v) is 5.24. The van der Waals surface area contributed by atoms with E-state index in [1.165, 1.54) is 40.6 Å². The molecule has 172 valence electrons. The van der Waals surface area contributed by atoms with Crippen molar-refractivity contribution in [2.75, 3.05) is 34.2 Å². The van der Waals surface area contributed by atoms with Gasteiger partial charge in [0, 0.05) is 17.5 Å². The second-order valence-electron chi connectivity index (χ2n) is 7.95. The predicted molar refractivity (Wildman–Crippen MR) is 115 cm³/mol. The van der Waals surface area contributed by atoms with Crippen LogP contribution in [0.5, 0.6) is 0 Å². The normalized spacial score (nSPS) is 21.9. The number of hydrogen-bond acceptors (Lipinski definition) is 9. The summed E-state index contributed by atoms with van der Waals surface area (Å²) >= 11 is 0. The average Bonchev–Trinajstić information content (AvgIpc) is 2.84. The monoisotopic (exact) mass is 453 g/mol. The molecule has 0 heterocycles. The van der Waals surface area contributed by atoms with Crippen LogP contribution in [-0.2, 0) is 28.5 Å². The average molecular weight is 453 g/mol. The molecule has 0 saturated carbocycles. The molecule has 4 atom stereocenters. The quantitative estimate of drug-likeness (QED) is 0.419. The van der Waals surface area contributed by atoms with Crippen LogP contribution in [0.1, 0.15) is 54.8 Å². The Morgan fingerprint density at radius 2 is 1.06 bits per heavy atom. The van der Waals surface area contributed by atoms with E-state index in [2.05, 4.69) is 0 Å². The van der Waals surface area contributed by atoms with Gasteiger partial charge in [-0.3, -0.25) is 9.59 Å². The number of carbonyl (C=O) groups excluding carboxylic acids is 4. The minimum atomic E-state index is -0.913. The first-order valence-corrected chi connectivity index (χ1v) is 10.2. The second kappa shape index (κ2) is 8.23. The van der Waals surface area contributed by atoms with Gasteiger partial charge in [-0.25, -0.2) is 9.59 Å². The van der Waals surface area contributed by atoms with Gasteiger partial charge in [-0.15, -0.1) is 0 Å². The standard InChI is InChI=1S/C24H23NO8/c1-30-21(26)15-8-13-14(9-16(15)22(27)31-2)18-12-7-10(25)5-6-11(12)17(13)19(23(28)32-3)20(18)24(29)33-4/h5-9,17-20H,25H2,1-4H3/t17-,18-,19+,20+/m1/s1. The van der Waals surface area contributed by atoms with Gasteiger partial charge in [-0.2, -0.15) is 0 Å². The lowest BCUT2D eigenvalue weighted by atomic mass is 9.53. The fraction of sp³-hybridized carbons (Fsp3) is 0.333. The molecule has 33 heavy (non-hydrogen) atoms. The zero-order valence-corrected chi connectivity index (χ0v) is 18.5. The Hall–Kier alpha value is -3.88. The number of hydrogen-bond donors (Lipinski definition) is 1. The molecule has 9 nitrogen and oxygen atoms in total. The summed E-state index contributed by atoms with van der Waals surface area (Å²) < 4.78 is 19.9. The molecular formula is C24H23NO8. The van der Waals surface area contributed by atoms with E-state index in [9.17, 15) is 19.2 Å². The van der Waals surface area contributed by atoms with Crippen molar-refractivity contribution in [1.29, 1.82) is 0 Å². The molecule has 2 aromatic carbocycles. The van der Waals surface area contributed by atoms with Crippen molar-refractivity contribution < 1.29 is 38.1 Å². The zero-order chi connectivity index (χ0) is 24.0. The van der Waals surface area contributed by atoms with Crippen molar-refractivity contribution in [2.24, 2.45) is 11.8 Å². The van der Waals surface area contributed by atoms with Crippen LogP contribution in [0.25, 0.3) is 0 Å². The van der Waals surface area contributed by atoms with Crippen LogP contribution in [-0.4, -0.2) is 52.3 Å². The Kier molecular flexibility index (Phi) is 5.57. The molecule has 2 bridgehead atoms. The van der Waals surface area contributed by atoms with E-state index >= 15 is 0 Å². The first kappa shape index (κ1) is 22.3. The number of nitrogen functional groups attached to an aromatic ring is 1. The van der Waals surface area contributed by atoms with E-state index in [1.54, 1.807) is 18.2 Å². The molecule has 3 aliphatic carbocycles. The molecule has 9 heteroatoms. The molecule has 0 aliphatic heterocycles. The molecule has 0 aromatic heterocycles. The van der Waals surface area contributed by atoms with Crippen LogP contribution in [0.15, 0.2) is 30.3 Å². The van der Waals surface area contributed by atoms with Crippen LogP contribution < -0.4 is 5.73 Å². The highest BCUT2D eigenvalue weighted by molar-refractivity contribution is 6.04. The lowest BCUT2D eigenvalue weighted by Gasteiger charge is -2.48. The van der Waals surface area contributed by atoms with Crippen molar-refractivity contribution in [3.8, 4) is 0 Å². The van der Waals surface area contributed by atoms with Crippen LogP contribution >= 0.6 is 0 Å². The van der Waals surface area contributed by atoms with E-state index in [-0.39, 0.29) is 11.1 Å². The van der Waals surface area contributed by atoms with Crippen LogP contribution in [0, 0.1) is 11.8 Å². The Labute approximate surface area is 189 Å². The van der Waals surface area contributed by atoms with Crippen molar-refractivity contribution >= 4 is 29.6 Å². The third-order valence-electron chi connectivity index (χ3n) is 6.54. The number of anilines is 1. The number of esters is 4. The highest BCUT2D eigenvalue weighted by atomic mass is 16.5. The van der Waals surface area contributed by atoms with Crippen LogP contribution in [0.3, 0.4) is 0 Å². The minimum Gasteiger partial charge on any atom is -0.469 e. The van der Waals surface area contributed by atoms with Gasteiger partial charge in [0.05, 0.1) is 51.4 Å². The van der Waals surface area contributed by atoms with E-state index in [1.807, 2.05) is 0 Å². The van der Waals surface area contributed by atoms with Gasteiger partial charge in [0.25, 0.3) is 0 Å². The van der Waals surface area contributed by atoms with Gasteiger partial charge >= 0.3 is 23.9 Å². The van der Waals surface area contributed by atoms with E-state index in [0.29, 0.717) is 16.8 Å². The Bertz CT molecular complexity index is 1190. The number of benzene rings is 2.